The molecule has 2 aromatic heterocycles. The van der Waals surface area contributed by atoms with Crippen molar-refractivity contribution in [1.82, 2.24) is 13.9 Å². The molecule has 0 radical (unpaired) electrons. The third-order valence-corrected chi connectivity index (χ3v) is 6.97. The summed E-state index contributed by atoms with van der Waals surface area (Å²) in [5, 5.41) is 0. The van der Waals surface area contributed by atoms with E-state index in [0.717, 1.165) is 18.5 Å². The van der Waals surface area contributed by atoms with E-state index >= 15 is 0 Å². The van der Waals surface area contributed by atoms with Crippen LogP contribution in [0.15, 0.2) is 78.1 Å². The summed E-state index contributed by atoms with van der Waals surface area (Å²) in [4.78, 5) is 4.49. The predicted molar refractivity (Wildman–Crippen MR) is 107 cm³/mol. The molecule has 3 heterocycles. The van der Waals surface area contributed by atoms with Crippen LogP contribution in [0.2, 0.25) is 0 Å². The highest BCUT2D eigenvalue weighted by Crippen LogP contribution is 2.25. The number of ether oxygens (including phenoxy) is 1. The predicted octanol–water partition coefficient (Wildman–Crippen LogP) is 3.35. The van der Waals surface area contributed by atoms with Crippen molar-refractivity contribution in [2.75, 3.05) is 19.7 Å². The molecule has 146 valence electrons. The largest absolute Gasteiger partial charge is 0.477 e. The van der Waals surface area contributed by atoms with E-state index in [4.69, 9.17) is 4.74 Å². The first-order valence-electron chi connectivity index (χ1n) is 9.40. The number of sulfonamides is 1. The fraction of sp³-hybridized carbons (Fsp3) is 0.286. The molecule has 0 saturated carbocycles. The van der Waals surface area contributed by atoms with Crippen molar-refractivity contribution in [3.05, 3.63) is 73.2 Å². The van der Waals surface area contributed by atoms with Crippen molar-refractivity contribution in [1.29, 1.82) is 0 Å². The molecule has 0 aliphatic carbocycles. The second-order valence-corrected chi connectivity index (χ2v) is 8.85. The van der Waals surface area contributed by atoms with E-state index in [1.54, 1.807) is 22.6 Å². The van der Waals surface area contributed by atoms with E-state index < -0.39 is 10.0 Å². The molecule has 3 aromatic rings. The fourth-order valence-electron chi connectivity index (χ4n) is 3.40. The van der Waals surface area contributed by atoms with Gasteiger partial charge in [-0.05, 0) is 61.2 Å². The minimum Gasteiger partial charge on any atom is -0.477 e. The number of hydrogen-bond acceptors (Lipinski definition) is 4. The molecule has 4 rings (SSSR count). The second kappa shape index (κ2) is 8.16. The van der Waals surface area contributed by atoms with Gasteiger partial charge in [-0.1, -0.05) is 6.07 Å². The van der Waals surface area contributed by atoms with Crippen molar-refractivity contribution >= 4 is 10.0 Å². The van der Waals surface area contributed by atoms with E-state index in [1.807, 2.05) is 59.4 Å². The van der Waals surface area contributed by atoms with Gasteiger partial charge in [0, 0.05) is 43.4 Å². The van der Waals surface area contributed by atoms with Gasteiger partial charge in [-0.25, -0.2) is 13.4 Å². The van der Waals surface area contributed by atoms with Gasteiger partial charge in [0.1, 0.15) is 0 Å². The first-order chi connectivity index (χ1) is 13.6. The van der Waals surface area contributed by atoms with Crippen molar-refractivity contribution in [3.8, 4) is 11.6 Å². The molecule has 1 fully saturated rings. The van der Waals surface area contributed by atoms with Crippen LogP contribution in [0.3, 0.4) is 0 Å². The number of piperidine rings is 1. The van der Waals surface area contributed by atoms with Gasteiger partial charge >= 0.3 is 0 Å². The fourth-order valence-corrected chi connectivity index (χ4v) is 4.87. The lowest BCUT2D eigenvalue weighted by Crippen LogP contribution is -2.39. The van der Waals surface area contributed by atoms with Gasteiger partial charge in [-0.2, -0.15) is 4.31 Å². The second-order valence-electron chi connectivity index (χ2n) is 6.91. The molecule has 0 unspecified atom stereocenters. The van der Waals surface area contributed by atoms with Crippen molar-refractivity contribution in [2.45, 2.75) is 17.7 Å². The first-order valence-corrected chi connectivity index (χ1v) is 10.8. The maximum atomic E-state index is 12.9. The van der Waals surface area contributed by atoms with Crippen molar-refractivity contribution < 1.29 is 13.2 Å². The Morgan fingerprint density at radius 3 is 2.32 bits per heavy atom. The first kappa shape index (κ1) is 18.7. The Hall–Kier alpha value is -2.64. The summed E-state index contributed by atoms with van der Waals surface area (Å²) in [5.74, 6) is 0.949. The average Bonchev–Trinajstić information content (AvgIpc) is 3.28. The topological polar surface area (TPSA) is 64.4 Å². The number of hydrogen-bond donors (Lipinski definition) is 0. The van der Waals surface area contributed by atoms with Crippen LogP contribution in [0.5, 0.6) is 5.88 Å². The summed E-state index contributed by atoms with van der Waals surface area (Å²) in [6.45, 7) is 1.59. The molecule has 1 aromatic carbocycles. The van der Waals surface area contributed by atoms with Gasteiger partial charge < -0.3 is 9.30 Å². The van der Waals surface area contributed by atoms with Crippen molar-refractivity contribution in [2.24, 2.45) is 5.92 Å². The van der Waals surface area contributed by atoms with Gasteiger partial charge in [0.25, 0.3) is 0 Å². The quantitative estimate of drug-likeness (QED) is 0.640. The smallest absolute Gasteiger partial charge is 0.243 e. The summed E-state index contributed by atoms with van der Waals surface area (Å²) in [5.41, 5.74) is 0.939. The van der Waals surface area contributed by atoms with E-state index in [9.17, 15) is 8.42 Å². The zero-order valence-electron chi connectivity index (χ0n) is 15.5. The minimum atomic E-state index is -3.47. The Bertz CT molecular complexity index is 979. The highest BCUT2D eigenvalue weighted by atomic mass is 32.2. The third-order valence-electron chi connectivity index (χ3n) is 5.06. The standard InChI is InChI=1S/C21H23N3O3S/c25-28(26,20-8-6-19(7-9-20)23-13-3-4-14-23)24-15-10-18(11-16-24)17-27-21-5-1-2-12-22-21/h1-9,12-14,18H,10-11,15-17H2. The van der Waals surface area contributed by atoms with Crippen LogP contribution in [0, 0.1) is 5.92 Å². The monoisotopic (exact) mass is 397 g/mol. The van der Waals surface area contributed by atoms with Crippen LogP contribution in [0.4, 0.5) is 0 Å². The molecule has 7 heteroatoms. The maximum Gasteiger partial charge on any atom is 0.243 e. The number of rotatable bonds is 6. The molecule has 1 aliphatic rings. The molecular weight excluding hydrogens is 374 g/mol. The Kier molecular flexibility index (Phi) is 5.45. The summed E-state index contributed by atoms with van der Waals surface area (Å²) in [6, 6.07) is 16.5. The highest BCUT2D eigenvalue weighted by Gasteiger charge is 2.29. The average molecular weight is 398 g/mol. The summed E-state index contributed by atoms with van der Waals surface area (Å²) in [6.07, 6.45) is 7.13. The molecule has 28 heavy (non-hydrogen) atoms. The van der Waals surface area contributed by atoms with Gasteiger partial charge in [0.05, 0.1) is 11.5 Å². The molecule has 0 bridgehead atoms. The van der Waals surface area contributed by atoms with Crippen LogP contribution < -0.4 is 4.74 Å². The number of pyridine rings is 1. The van der Waals surface area contributed by atoms with Gasteiger partial charge in [-0.15, -0.1) is 0 Å². The molecule has 1 saturated heterocycles. The maximum absolute atomic E-state index is 12.9. The minimum absolute atomic E-state index is 0.338. The molecule has 6 nitrogen and oxygen atoms in total. The van der Waals surface area contributed by atoms with Gasteiger partial charge in [0.15, 0.2) is 0 Å². The van der Waals surface area contributed by atoms with E-state index in [0.29, 0.717) is 36.4 Å². The van der Waals surface area contributed by atoms with Crippen LogP contribution >= 0.6 is 0 Å². The van der Waals surface area contributed by atoms with E-state index in [1.165, 1.54) is 0 Å². The lowest BCUT2D eigenvalue weighted by atomic mass is 9.99. The van der Waals surface area contributed by atoms with E-state index in [2.05, 4.69) is 4.98 Å². The van der Waals surface area contributed by atoms with Gasteiger partial charge in [0.2, 0.25) is 15.9 Å². The summed E-state index contributed by atoms with van der Waals surface area (Å²) >= 11 is 0. The van der Waals surface area contributed by atoms with E-state index in [-0.39, 0.29) is 0 Å². The van der Waals surface area contributed by atoms with Crippen LogP contribution in [-0.2, 0) is 10.0 Å². The Morgan fingerprint density at radius 2 is 1.68 bits per heavy atom. The Morgan fingerprint density at radius 1 is 0.964 bits per heavy atom. The Labute approximate surface area is 165 Å². The van der Waals surface area contributed by atoms with Gasteiger partial charge in [-0.3, -0.25) is 0 Å². The number of aromatic nitrogens is 2. The summed E-state index contributed by atoms with van der Waals surface area (Å²) < 4.78 is 35.1. The summed E-state index contributed by atoms with van der Waals surface area (Å²) in [7, 11) is -3.47. The van der Waals surface area contributed by atoms with Crippen LogP contribution in [0.25, 0.3) is 5.69 Å². The zero-order valence-corrected chi connectivity index (χ0v) is 16.3. The molecule has 0 amide bonds. The lowest BCUT2D eigenvalue weighted by Gasteiger charge is -2.31. The zero-order chi connectivity index (χ0) is 19.4. The normalized spacial score (nSPS) is 16.1. The van der Waals surface area contributed by atoms with Crippen LogP contribution in [-0.4, -0.2) is 42.0 Å². The molecule has 0 spiro atoms. The lowest BCUT2D eigenvalue weighted by molar-refractivity contribution is 0.181. The van der Waals surface area contributed by atoms with Crippen molar-refractivity contribution in [3.63, 3.8) is 0 Å². The Balaban J connectivity index is 1.35. The van der Waals surface area contributed by atoms with Crippen LogP contribution in [0.1, 0.15) is 12.8 Å². The molecule has 1 aliphatic heterocycles. The molecular formula is C21H23N3O3S. The third kappa shape index (κ3) is 4.10. The SMILES string of the molecule is O=S(=O)(c1ccc(-n2cccc2)cc1)N1CCC(COc2ccccn2)CC1. The number of benzene rings is 1. The highest BCUT2D eigenvalue weighted by molar-refractivity contribution is 7.89. The molecule has 0 N–H and O–H groups in total. The number of nitrogens with zero attached hydrogens (tertiary/aromatic N) is 3. The molecule has 0 atom stereocenters.